The largest absolute Gasteiger partial charge is 0.493 e. The number of carbonyl (C=O) groups is 2. The smallest absolute Gasteiger partial charge is 0.290 e. The summed E-state index contributed by atoms with van der Waals surface area (Å²) >= 11 is 2.49. The quantitative estimate of drug-likeness (QED) is 0.364. The van der Waals surface area contributed by atoms with Gasteiger partial charge in [-0.25, -0.2) is 4.98 Å². The number of hydrogen-bond acceptors (Lipinski definition) is 7. The van der Waals surface area contributed by atoms with Crippen LogP contribution in [0, 0.1) is 6.92 Å². The first-order chi connectivity index (χ1) is 15.6. The molecule has 0 aliphatic carbocycles. The van der Waals surface area contributed by atoms with Crippen LogP contribution in [0.1, 0.15) is 17.0 Å². The van der Waals surface area contributed by atoms with Gasteiger partial charge in [0.2, 0.25) is 5.89 Å². The lowest BCUT2D eigenvalue weighted by Gasteiger charge is -2.08. The predicted molar refractivity (Wildman–Crippen MR) is 127 cm³/mol. The molecule has 3 heterocycles. The zero-order chi connectivity index (χ0) is 22.1. The van der Waals surface area contributed by atoms with Crippen LogP contribution in [0.25, 0.3) is 27.6 Å². The van der Waals surface area contributed by atoms with Crippen LogP contribution in [-0.4, -0.2) is 22.7 Å². The number of carbonyl (C=O) groups excluding carboxylic acids is 2. The number of oxazole rings is 1. The first kappa shape index (κ1) is 20.5. The summed E-state index contributed by atoms with van der Waals surface area (Å²) in [5.74, 6) is 1.82. The molecule has 1 N–H and O–H groups in total. The second-order valence-electron chi connectivity index (χ2n) is 7.15. The summed E-state index contributed by atoms with van der Waals surface area (Å²) in [5.41, 5.74) is 2.71. The molecule has 1 saturated heterocycles. The molecule has 0 bridgehead atoms. The third kappa shape index (κ3) is 4.06. The highest BCUT2D eigenvalue weighted by Gasteiger charge is 2.25. The van der Waals surface area contributed by atoms with E-state index in [0.29, 0.717) is 23.8 Å². The molecule has 8 heteroatoms. The van der Waals surface area contributed by atoms with E-state index in [-0.39, 0.29) is 11.1 Å². The minimum absolute atomic E-state index is 0.345. The Kier molecular flexibility index (Phi) is 5.55. The van der Waals surface area contributed by atoms with Gasteiger partial charge in [0.1, 0.15) is 11.5 Å². The Hall–Kier alpha value is -3.36. The van der Waals surface area contributed by atoms with Gasteiger partial charge in [0.15, 0.2) is 0 Å². The van der Waals surface area contributed by atoms with Gasteiger partial charge in [0.25, 0.3) is 11.1 Å². The number of thioether (sulfide) groups is 1. The first-order valence-corrected chi connectivity index (χ1v) is 11.7. The molecule has 4 aromatic rings. The number of aryl methyl sites for hydroxylation is 1. The number of thiophene rings is 1. The Labute approximate surface area is 192 Å². The van der Waals surface area contributed by atoms with Gasteiger partial charge in [-0.15, -0.1) is 11.3 Å². The van der Waals surface area contributed by atoms with E-state index in [1.807, 2.05) is 60.8 Å². The molecule has 32 heavy (non-hydrogen) atoms. The summed E-state index contributed by atoms with van der Waals surface area (Å²) in [6, 6.07) is 15.6. The van der Waals surface area contributed by atoms with Crippen molar-refractivity contribution in [1.29, 1.82) is 0 Å². The number of aromatic nitrogens is 1. The van der Waals surface area contributed by atoms with Crippen molar-refractivity contribution >= 4 is 50.4 Å². The third-order valence-electron chi connectivity index (χ3n) is 5.05. The number of fused-ring (bicyclic) bond motifs is 1. The van der Waals surface area contributed by atoms with Gasteiger partial charge in [-0.3, -0.25) is 14.9 Å². The highest BCUT2D eigenvalue weighted by molar-refractivity contribution is 8.18. The van der Waals surface area contributed by atoms with Gasteiger partial charge >= 0.3 is 0 Å². The average molecular weight is 463 g/mol. The van der Waals surface area contributed by atoms with Crippen molar-refractivity contribution in [2.24, 2.45) is 0 Å². The maximum Gasteiger partial charge on any atom is 0.290 e. The third-order valence-corrected chi connectivity index (χ3v) is 6.82. The molecule has 0 unspecified atom stereocenters. The fourth-order valence-corrected chi connectivity index (χ4v) is 5.05. The van der Waals surface area contributed by atoms with Crippen LogP contribution in [0.5, 0.6) is 5.75 Å². The molecule has 2 aromatic carbocycles. The van der Waals surface area contributed by atoms with Crippen molar-refractivity contribution in [2.45, 2.75) is 13.3 Å². The average Bonchev–Trinajstić information content (AvgIpc) is 3.50. The number of nitrogens with zero attached hydrogens (tertiary/aromatic N) is 1. The van der Waals surface area contributed by atoms with E-state index in [9.17, 15) is 9.59 Å². The zero-order valence-electron chi connectivity index (χ0n) is 17.1. The van der Waals surface area contributed by atoms with Crippen LogP contribution < -0.4 is 10.1 Å². The number of rotatable bonds is 6. The second-order valence-corrected chi connectivity index (χ2v) is 9.09. The number of nitrogens with one attached hydrogen (secondary N) is 1. The molecule has 1 aliphatic heterocycles. The monoisotopic (exact) mass is 462 g/mol. The molecule has 6 nitrogen and oxygen atoms in total. The second kappa shape index (κ2) is 8.64. The van der Waals surface area contributed by atoms with E-state index in [1.165, 1.54) is 0 Å². The maximum absolute atomic E-state index is 11.9. The molecule has 1 fully saturated rings. The van der Waals surface area contributed by atoms with Gasteiger partial charge in [0, 0.05) is 22.1 Å². The molecule has 2 aromatic heterocycles. The molecular formula is C24H18N2O4S2. The van der Waals surface area contributed by atoms with E-state index in [4.69, 9.17) is 9.15 Å². The summed E-state index contributed by atoms with van der Waals surface area (Å²) < 4.78 is 12.9. The lowest BCUT2D eigenvalue weighted by molar-refractivity contribution is -0.115. The predicted octanol–water partition coefficient (Wildman–Crippen LogP) is 5.81. The maximum atomic E-state index is 11.9. The Balaban J connectivity index is 1.31. The number of imide groups is 1. The van der Waals surface area contributed by atoms with Gasteiger partial charge in [-0.05, 0) is 66.0 Å². The van der Waals surface area contributed by atoms with Crippen molar-refractivity contribution < 1.29 is 18.7 Å². The molecule has 5 rings (SSSR count). The number of hydrogen-bond donors (Lipinski definition) is 1. The highest BCUT2D eigenvalue weighted by Crippen LogP contribution is 2.36. The van der Waals surface area contributed by atoms with Crippen LogP contribution in [0.15, 0.2) is 63.2 Å². The molecule has 0 radical (unpaired) electrons. The summed E-state index contributed by atoms with van der Waals surface area (Å²) in [6.07, 6.45) is 2.37. The van der Waals surface area contributed by atoms with Gasteiger partial charge in [-0.2, -0.15) is 0 Å². The normalized spacial score (nSPS) is 15.0. The van der Waals surface area contributed by atoms with Crippen molar-refractivity contribution in [1.82, 2.24) is 10.3 Å². The van der Waals surface area contributed by atoms with Crippen molar-refractivity contribution in [2.75, 3.05) is 6.61 Å². The lowest BCUT2D eigenvalue weighted by atomic mass is 10.1. The zero-order valence-corrected chi connectivity index (χ0v) is 18.7. The molecular weight excluding hydrogens is 444 g/mol. The number of benzene rings is 2. The van der Waals surface area contributed by atoms with E-state index in [2.05, 4.69) is 10.3 Å². The summed E-state index contributed by atoms with van der Waals surface area (Å²) in [7, 11) is 0. The van der Waals surface area contributed by atoms with E-state index < -0.39 is 0 Å². The van der Waals surface area contributed by atoms with Crippen molar-refractivity contribution in [3.05, 3.63) is 75.8 Å². The molecule has 0 spiro atoms. The Morgan fingerprint density at radius 2 is 1.97 bits per heavy atom. The van der Waals surface area contributed by atoms with Crippen LogP contribution >= 0.6 is 23.1 Å². The van der Waals surface area contributed by atoms with Gasteiger partial charge in [-0.1, -0.05) is 18.2 Å². The minimum Gasteiger partial charge on any atom is -0.493 e. The van der Waals surface area contributed by atoms with Crippen molar-refractivity contribution in [3.63, 3.8) is 0 Å². The summed E-state index contributed by atoms with van der Waals surface area (Å²) in [6.45, 7) is 2.37. The standard InChI is InChI=1S/C24H18N2O4S2/c1-14-18(25-23(30-14)15-5-3-2-4-6-15)9-11-29-19-8-7-16(21-17(19)10-12-31-21)13-20-22(27)26-24(28)32-20/h2-8,10,12-13H,9,11H2,1H3,(H,26,27,28)/b20-13-. The minimum atomic E-state index is -0.358. The Morgan fingerprint density at radius 1 is 1.12 bits per heavy atom. The van der Waals surface area contributed by atoms with E-state index in [0.717, 1.165) is 50.2 Å². The fraction of sp³-hybridized carbons (Fsp3) is 0.125. The van der Waals surface area contributed by atoms with E-state index in [1.54, 1.807) is 17.4 Å². The van der Waals surface area contributed by atoms with Gasteiger partial charge < -0.3 is 9.15 Å². The van der Waals surface area contributed by atoms with Crippen LogP contribution in [0.4, 0.5) is 4.79 Å². The molecule has 0 saturated carbocycles. The van der Waals surface area contributed by atoms with Gasteiger partial charge in [0.05, 0.1) is 17.2 Å². The van der Waals surface area contributed by atoms with Crippen LogP contribution in [0.3, 0.4) is 0 Å². The summed E-state index contributed by atoms with van der Waals surface area (Å²) in [5, 5.41) is 4.90. The Bertz CT molecular complexity index is 1360. The highest BCUT2D eigenvalue weighted by atomic mass is 32.2. The Morgan fingerprint density at radius 3 is 2.75 bits per heavy atom. The molecule has 1 aliphatic rings. The van der Waals surface area contributed by atoms with Crippen molar-refractivity contribution in [3.8, 4) is 17.2 Å². The summed E-state index contributed by atoms with van der Waals surface area (Å²) in [4.78, 5) is 28.3. The lowest BCUT2D eigenvalue weighted by Crippen LogP contribution is -2.17. The number of amides is 2. The first-order valence-electron chi connectivity index (χ1n) is 9.98. The SMILES string of the molecule is Cc1oc(-c2ccccc2)nc1CCOc1ccc(/C=C2\SC(=O)NC2=O)c2sccc12. The topological polar surface area (TPSA) is 81.4 Å². The molecule has 0 atom stereocenters. The van der Waals surface area contributed by atoms with E-state index >= 15 is 0 Å². The molecule has 2 amide bonds. The number of ether oxygens (including phenoxy) is 1. The molecule has 160 valence electrons. The fourth-order valence-electron chi connectivity index (χ4n) is 3.48. The van der Waals surface area contributed by atoms with Crippen LogP contribution in [-0.2, 0) is 11.2 Å². The van der Waals surface area contributed by atoms with Crippen LogP contribution in [0.2, 0.25) is 0 Å².